The molecule has 0 saturated carbocycles. The van der Waals surface area contributed by atoms with Crippen molar-refractivity contribution in [1.82, 2.24) is 10.4 Å². The first-order valence-electron chi connectivity index (χ1n) is 7.54. The smallest absolute Gasteiger partial charge is 0.341 e. The molecule has 122 valence electrons. The molecule has 0 radical (unpaired) electrons. The van der Waals surface area contributed by atoms with E-state index in [1.54, 1.807) is 6.92 Å². The van der Waals surface area contributed by atoms with E-state index in [1.807, 2.05) is 61.5 Å². The Kier molecular flexibility index (Phi) is 5.60. The van der Waals surface area contributed by atoms with Gasteiger partial charge in [0.15, 0.2) is 0 Å². The summed E-state index contributed by atoms with van der Waals surface area (Å²) in [6.07, 6.45) is -0.0558. The molecule has 0 fully saturated rings. The SMILES string of the molecule is CNC(=O)N(O)C(C)c1ccc(OC(C)c2ccccc2)cc1. The van der Waals surface area contributed by atoms with Crippen molar-refractivity contribution < 1.29 is 14.7 Å². The molecular weight excluding hydrogens is 292 g/mol. The molecule has 0 heterocycles. The van der Waals surface area contributed by atoms with E-state index in [0.29, 0.717) is 5.06 Å². The van der Waals surface area contributed by atoms with Gasteiger partial charge in [-0.05, 0) is 37.1 Å². The summed E-state index contributed by atoms with van der Waals surface area (Å²) in [7, 11) is 1.47. The number of urea groups is 1. The highest BCUT2D eigenvalue weighted by atomic mass is 16.5. The first kappa shape index (κ1) is 16.8. The van der Waals surface area contributed by atoms with Gasteiger partial charge in [-0.25, -0.2) is 4.79 Å². The summed E-state index contributed by atoms with van der Waals surface area (Å²) in [6, 6.07) is 16.3. The largest absolute Gasteiger partial charge is 0.486 e. The summed E-state index contributed by atoms with van der Waals surface area (Å²) in [5.74, 6) is 0.738. The number of nitrogens with zero attached hydrogens (tertiary/aromatic N) is 1. The Hall–Kier alpha value is -2.53. The molecule has 5 nitrogen and oxygen atoms in total. The van der Waals surface area contributed by atoms with Crippen LogP contribution in [0.5, 0.6) is 5.75 Å². The summed E-state index contributed by atoms with van der Waals surface area (Å²) in [5, 5.41) is 12.8. The molecule has 0 aromatic heterocycles. The van der Waals surface area contributed by atoms with Gasteiger partial charge in [0.1, 0.15) is 11.9 Å². The van der Waals surface area contributed by atoms with Gasteiger partial charge in [0.25, 0.3) is 0 Å². The molecule has 2 atom stereocenters. The molecule has 0 bridgehead atoms. The van der Waals surface area contributed by atoms with Gasteiger partial charge in [-0.15, -0.1) is 0 Å². The number of benzene rings is 2. The van der Waals surface area contributed by atoms with Crippen LogP contribution in [-0.2, 0) is 0 Å². The molecule has 2 unspecified atom stereocenters. The normalized spacial score (nSPS) is 13.0. The van der Waals surface area contributed by atoms with Gasteiger partial charge in [0.05, 0.1) is 6.04 Å². The number of carbonyl (C=O) groups is 1. The Bertz CT molecular complexity index is 628. The third-order valence-electron chi connectivity index (χ3n) is 3.73. The third-order valence-corrected chi connectivity index (χ3v) is 3.73. The molecule has 23 heavy (non-hydrogen) atoms. The van der Waals surface area contributed by atoms with E-state index in [2.05, 4.69) is 5.32 Å². The molecular formula is C18H22N2O3. The highest BCUT2D eigenvalue weighted by molar-refractivity contribution is 5.72. The van der Waals surface area contributed by atoms with Crippen LogP contribution < -0.4 is 10.1 Å². The van der Waals surface area contributed by atoms with Crippen LogP contribution >= 0.6 is 0 Å². The lowest BCUT2D eigenvalue weighted by Crippen LogP contribution is -2.37. The van der Waals surface area contributed by atoms with E-state index in [0.717, 1.165) is 16.9 Å². The van der Waals surface area contributed by atoms with E-state index >= 15 is 0 Å². The summed E-state index contributed by atoms with van der Waals surface area (Å²) in [5.41, 5.74) is 1.92. The number of nitrogens with one attached hydrogen (secondary N) is 1. The Morgan fingerprint density at radius 3 is 2.22 bits per heavy atom. The van der Waals surface area contributed by atoms with E-state index in [1.165, 1.54) is 7.05 Å². The monoisotopic (exact) mass is 314 g/mol. The Balaban J connectivity index is 2.03. The topological polar surface area (TPSA) is 61.8 Å². The van der Waals surface area contributed by atoms with Crippen LogP contribution in [0.2, 0.25) is 0 Å². The minimum Gasteiger partial charge on any atom is -0.486 e. The number of hydrogen-bond donors (Lipinski definition) is 2. The highest BCUT2D eigenvalue weighted by Crippen LogP contribution is 2.25. The van der Waals surface area contributed by atoms with E-state index in [-0.39, 0.29) is 6.10 Å². The van der Waals surface area contributed by atoms with Gasteiger partial charge in [-0.1, -0.05) is 42.5 Å². The fourth-order valence-electron chi connectivity index (χ4n) is 2.25. The van der Waals surface area contributed by atoms with Gasteiger partial charge in [0, 0.05) is 7.05 Å². The second-order valence-electron chi connectivity index (χ2n) is 5.32. The van der Waals surface area contributed by atoms with Crippen LogP contribution in [0.25, 0.3) is 0 Å². The van der Waals surface area contributed by atoms with Crippen molar-refractivity contribution in [2.24, 2.45) is 0 Å². The lowest BCUT2D eigenvalue weighted by Gasteiger charge is -2.22. The number of ether oxygens (including phenoxy) is 1. The van der Waals surface area contributed by atoms with Gasteiger partial charge < -0.3 is 10.1 Å². The molecule has 2 aromatic rings. The molecule has 0 spiro atoms. The maximum atomic E-state index is 11.4. The fraction of sp³-hybridized carbons (Fsp3) is 0.278. The molecule has 0 aliphatic rings. The van der Waals surface area contributed by atoms with Crippen molar-refractivity contribution in [3.63, 3.8) is 0 Å². The predicted octanol–water partition coefficient (Wildman–Crippen LogP) is 3.92. The van der Waals surface area contributed by atoms with Crippen LogP contribution in [0.4, 0.5) is 4.79 Å². The molecule has 2 aromatic carbocycles. The Labute approximate surface area is 136 Å². The molecule has 0 aliphatic carbocycles. The number of carbonyl (C=O) groups excluding carboxylic acids is 1. The molecule has 0 aliphatic heterocycles. The van der Waals surface area contributed by atoms with Crippen LogP contribution in [0.15, 0.2) is 54.6 Å². The molecule has 2 amide bonds. The zero-order chi connectivity index (χ0) is 16.8. The number of rotatable bonds is 5. The van der Waals surface area contributed by atoms with Crippen molar-refractivity contribution in [3.8, 4) is 5.75 Å². The average molecular weight is 314 g/mol. The first-order chi connectivity index (χ1) is 11.0. The van der Waals surface area contributed by atoms with Crippen molar-refractivity contribution in [2.45, 2.75) is 26.0 Å². The van der Waals surface area contributed by atoms with Crippen LogP contribution in [0.3, 0.4) is 0 Å². The molecule has 5 heteroatoms. The minimum absolute atomic E-state index is 0.0558. The maximum absolute atomic E-state index is 11.4. The first-order valence-corrected chi connectivity index (χ1v) is 7.54. The summed E-state index contributed by atoms with van der Waals surface area (Å²) < 4.78 is 5.91. The quantitative estimate of drug-likeness (QED) is 0.649. The molecule has 0 saturated heterocycles. The fourth-order valence-corrected chi connectivity index (χ4v) is 2.25. The second kappa shape index (κ2) is 7.65. The predicted molar refractivity (Wildman–Crippen MR) is 88.4 cm³/mol. The second-order valence-corrected chi connectivity index (χ2v) is 5.32. The summed E-state index contributed by atoms with van der Waals surface area (Å²) in [4.78, 5) is 11.4. The van der Waals surface area contributed by atoms with Gasteiger partial charge in [-0.2, -0.15) is 5.06 Å². The van der Waals surface area contributed by atoms with Gasteiger partial charge in [0.2, 0.25) is 0 Å². The van der Waals surface area contributed by atoms with Crippen molar-refractivity contribution >= 4 is 6.03 Å². The van der Waals surface area contributed by atoms with E-state index < -0.39 is 12.1 Å². The van der Waals surface area contributed by atoms with Crippen LogP contribution in [-0.4, -0.2) is 23.3 Å². The summed E-state index contributed by atoms with van der Waals surface area (Å²) >= 11 is 0. The minimum atomic E-state index is -0.546. The standard InChI is InChI=1S/C18H22N2O3/c1-13(20(22)18(21)19-3)15-9-11-17(12-10-15)23-14(2)16-7-5-4-6-8-16/h4-14,22H,1-3H3,(H,19,21). The Morgan fingerprint density at radius 2 is 1.65 bits per heavy atom. The van der Waals surface area contributed by atoms with Crippen LogP contribution in [0.1, 0.15) is 37.1 Å². The third kappa shape index (κ3) is 4.23. The lowest BCUT2D eigenvalue weighted by molar-refractivity contribution is -0.0738. The van der Waals surface area contributed by atoms with Crippen molar-refractivity contribution in [3.05, 3.63) is 65.7 Å². The Morgan fingerprint density at radius 1 is 1.04 bits per heavy atom. The maximum Gasteiger partial charge on any atom is 0.341 e. The summed E-state index contributed by atoms with van der Waals surface area (Å²) in [6.45, 7) is 3.74. The highest BCUT2D eigenvalue weighted by Gasteiger charge is 2.18. The molecule has 2 N–H and O–H groups in total. The lowest BCUT2D eigenvalue weighted by atomic mass is 10.1. The number of hydroxylamine groups is 2. The number of hydrogen-bond acceptors (Lipinski definition) is 3. The average Bonchev–Trinajstić information content (AvgIpc) is 2.61. The van der Waals surface area contributed by atoms with Crippen LogP contribution in [0, 0.1) is 0 Å². The zero-order valence-electron chi connectivity index (χ0n) is 13.6. The zero-order valence-corrected chi connectivity index (χ0v) is 13.6. The van der Waals surface area contributed by atoms with E-state index in [9.17, 15) is 10.0 Å². The van der Waals surface area contributed by atoms with Gasteiger partial charge in [-0.3, -0.25) is 5.21 Å². The van der Waals surface area contributed by atoms with Crippen molar-refractivity contribution in [1.29, 1.82) is 0 Å². The van der Waals surface area contributed by atoms with Gasteiger partial charge >= 0.3 is 6.03 Å². The number of amides is 2. The van der Waals surface area contributed by atoms with Crippen molar-refractivity contribution in [2.75, 3.05) is 7.05 Å². The van der Waals surface area contributed by atoms with E-state index in [4.69, 9.17) is 4.74 Å². The molecule has 2 rings (SSSR count).